The Balaban J connectivity index is 0.0000000984. The van der Waals surface area contributed by atoms with Gasteiger partial charge in [-0.25, -0.2) is 0 Å². The number of carbonyl (C=O) groups excluding carboxylic acids is 4. The van der Waals surface area contributed by atoms with Gasteiger partial charge in [0, 0.05) is 96.8 Å². The molecule has 18 nitrogen and oxygen atoms in total. The van der Waals surface area contributed by atoms with E-state index in [1.54, 1.807) is 54.2 Å². The summed E-state index contributed by atoms with van der Waals surface area (Å²) in [6, 6.07) is 68.4. The monoisotopic (exact) mass is 1390 g/mol. The van der Waals surface area contributed by atoms with Gasteiger partial charge in [0.1, 0.15) is 33.6 Å². The minimum Gasteiger partial charge on any atom is -0.457 e. The first-order valence-electron chi connectivity index (χ1n) is 33.6. The second kappa shape index (κ2) is 26.0. The van der Waals surface area contributed by atoms with Crippen LogP contribution < -0.4 is 19.9 Å². The molecule has 0 atom stereocenters. The van der Waals surface area contributed by atoms with Crippen LogP contribution in [0.5, 0.6) is 11.5 Å². The predicted octanol–water partition coefficient (Wildman–Crippen LogP) is 18.5. The van der Waals surface area contributed by atoms with Crippen LogP contribution in [0.15, 0.2) is 246 Å². The molecule has 20 heteroatoms. The summed E-state index contributed by atoms with van der Waals surface area (Å²) in [7, 11) is 0. The fraction of sp³-hybridized carbons (Fsp3) is 0.108. The number of nitrogens with zero attached hydrogens (tertiary/aromatic N) is 6. The Bertz CT molecular complexity index is 5770. The Labute approximate surface area is 596 Å². The molecule has 15 aromatic rings. The second-order valence-electron chi connectivity index (χ2n) is 25.3. The van der Waals surface area contributed by atoms with Crippen LogP contribution in [0.2, 0.25) is 5.02 Å². The van der Waals surface area contributed by atoms with E-state index in [0.717, 1.165) is 108 Å². The van der Waals surface area contributed by atoms with Crippen molar-refractivity contribution < 1.29 is 51.5 Å². The number of halogens is 1. The summed E-state index contributed by atoms with van der Waals surface area (Å²) in [5, 5.41) is 23.9. The number of benzene rings is 11. The predicted molar refractivity (Wildman–Crippen MR) is 394 cm³/mol. The maximum Gasteiger partial charge on any atom is 0.198 e. The molecule has 6 heterocycles. The lowest BCUT2D eigenvalue weighted by Gasteiger charge is -2.34. The number of ether oxygens (including phenoxy) is 3. The highest BCUT2D eigenvalue weighted by Crippen LogP contribution is 2.50. The zero-order valence-corrected chi connectivity index (χ0v) is 56.5. The lowest BCUT2D eigenvalue weighted by molar-refractivity contribution is 0.102. The van der Waals surface area contributed by atoms with Crippen LogP contribution in [0.25, 0.3) is 88.9 Å². The molecule has 2 saturated heterocycles. The zero-order valence-electron chi connectivity index (χ0n) is 54.9. The van der Waals surface area contributed by atoms with Crippen molar-refractivity contribution in [3.63, 3.8) is 0 Å². The molecule has 0 saturated carbocycles. The summed E-state index contributed by atoms with van der Waals surface area (Å²) in [4.78, 5) is 59.5. The number of ketones is 4. The SMILES string of the molecule is Cc1ccc(Nc2ccc3noc4c3c2C(=O)c2ccccc2-4)cc1.O=C1c2ccccc2-c2onc3c(N4CCOCC4)cc(N4CCOCC4)c1c23.O=C1c2ccccc2-c2onc3ccc(Oc4ccc(Cl)cc4)c1c23.O=C1c2ccccc2-c2onc3ccc(Sc4ccccc4)c1c23. The van der Waals surface area contributed by atoms with Crippen molar-refractivity contribution in [2.75, 3.05) is 67.7 Å². The van der Waals surface area contributed by atoms with Crippen LogP contribution in [0, 0.1) is 6.92 Å². The third-order valence-corrected chi connectivity index (χ3v) is 20.5. The van der Waals surface area contributed by atoms with Crippen LogP contribution in [-0.4, -0.2) is 96.4 Å². The molecule has 103 heavy (non-hydrogen) atoms. The highest BCUT2D eigenvalue weighted by Gasteiger charge is 2.38. The van der Waals surface area contributed by atoms with E-state index < -0.39 is 0 Å². The Morgan fingerprint density at radius 2 is 0.854 bits per heavy atom. The summed E-state index contributed by atoms with van der Waals surface area (Å²) >= 11 is 7.50. The van der Waals surface area contributed by atoms with E-state index in [-0.39, 0.29) is 23.1 Å². The maximum absolute atomic E-state index is 13.6. The van der Waals surface area contributed by atoms with Gasteiger partial charge in [0.05, 0.1) is 81.7 Å². The van der Waals surface area contributed by atoms with Crippen molar-refractivity contribution >= 4 is 113 Å². The highest BCUT2D eigenvalue weighted by molar-refractivity contribution is 7.99. The van der Waals surface area contributed by atoms with Gasteiger partial charge in [-0.05, 0) is 97.9 Å². The Morgan fingerprint density at radius 3 is 1.41 bits per heavy atom. The molecular formula is C83H56ClN7O11S. The first-order valence-corrected chi connectivity index (χ1v) is 34.7. The summed E-state index contributed by atoms with van der Waals surface area (Å²) in [6.45, 7) is 7.84. The number of rotatable bonds is 8. The summed E-state index contributed by atoms with van der Waals surface area (Å²) < 4.78 is 39.5. The number of hydrogen-bond donors (Lipinski definition) is 1. The zero-order chi connectivity index (χ0) is 69.4. The third-order valence-electron chi connectivity index (χ3n) is 19.2. The molecule has 6 aliphatic rings. The molecule has 0 bridgehead atoms. The molecule has 502 valence electrons. The van der Waals surface area contributed by atoms with Crippen molar-refractivity contribution in [1.29, 1.82) is 0 Å². The Kier molecular flexibility index (Phi) is 15.9. The summed E-state index contributed by atoms with van der Waals surface area (Å²) in [5.41, 5.74) is 15.9. The van der Waals surface area contributed by atoms with Crippen LogP contribution in [0.1, 0.15) is 69.2 Å². The molecule has 4 aliphatic carbocycles. The molecule has 0 radical (unpaired) electrons. The highest BCUT2D eigenvalue weighted by atomic mass is 35.5. The van der Waals surface area contributed by atoms with Gasteiger partial charge < -0.3 is 47.4 Å². The molecule has 0 unspecified atom stereocenters. The summed E-state index contributed by atoms with van der Waals surface area (Å²) in [5.74, 6) is 3.67. The van der Waals surface area contributed by atoms with Gasteiger partial charge in [0.25, 0.3) is 0 Å². The third kappa shape index (κ3) is 11.0. The van der Waals surface area contributed by atoms with E-state index in [9.17, 15) is 19.2 Å². The minimum atomic E-state index is -0.0964. The van der Waals surface area contributed by atoms with E-state index in [0.29, 0.717) is 127 Å². The largest absolute Gasteiger partial charge is 0.457 e. The van der Waals surface area contributed by atoms with Crippen molar-refractivity contribution in [3.8, 4) is 56.8 Å². The van der Waals surface area contributed by atoms with E-state index >= 15 is 0 Å². The normalized spacial score (nSPS) is 14.2. The smallest absolute Gasteiger partial charge is 0.198 e. The molecular weight excluding hydrogens is 1340 g/mol. The van der Waals surface area contributed by atoms with Crippen LogP contribution in [0.3, 0.4) is 0 Å². The van der Waals surface area contributed by atoms with E-state index in [4.69, 9.17) is 43.9 Å². The fourth-order valence-corrected chi connectivity index (χ4v) is 15.4. The molecule has 2 fully saturated rings. The van der Waals surface area contributed by atoms with Gasteiger partial charge in [0.2, 0.25) is 0 Å². The maximum atomic E-state index is 13.6. The quantitative estimate of drug-likeness (QED) is 0.149. The Hall–Kier alpha value is -12.3. The second-order valence-corrected chi connectivity index (χ2v) is 26.8. The van der Waals surface area contributed by atoms with Gasteiger partial charge in [-0.15, -0.1) is 0 Å². The molecule has 0 spiro atoms. The first-order chi connectivity index (χ1) is 50.6. The van der Waals surface area contributed by atoms with Crippen LogP contribution >= 0.6 is 23.4 Å². The first kappa shape index (κ1) is 63.0. The number of hydrogen-bond acceptors (Lipinski definition) is 19. The number of morpholine rings is 2. The van der Waals surface area contributed by atoms with E-state index in [1.165, 1.54) is 5.56 Å². The number of aromatic nitrogens is 4. The van der Waals surface area contributed by atoms with Crippen LogP contribution in [-0.2, 0) is 9.47 Å². The van der Waals surface area contributed by atoms with E-state index in [2.05, 4.69) is 41.8 Å². The van der Waals surface area contributed by atoms with Gasteiger partial charge >= 0.3 is 0 Å². The van der Waals surface area contributed by atoms with E-state index in [1.807, 2.05) is 177 Å². The summed E-state index contributed by atoms with van der Waals surface area (Å²) in [6.07, 6.45) is 0. The molecule has 11 aromatic carbocycles. The lowest BCUT2D eigenvalue weighted by atomic mass is 9.86. The fourth-order valence-electron chi connectivity index (χ4n) is 14.3. The minimum absolute atomic E-state index is 0.00786. The number of anilines is 4. The number of aryl methyl sites for hydroxylation is 1. The van der Waals surface area contributed by atoms with Gasteiger partial charge in [0.15, 0.2) is 46.2 Å². The number of nitrogens with one attached hydrogen (secondary N) is 1. The molecule has 4 aromatic heterocycles. The van der Waals surface area contributed by atoms with Crippen LogP contribution in [0.4, 0.5) is 22.7 Å². The molecule has 1 N–H and O–H groups in total. The van der Waals surface area contributed by atoms with Gasteiger partial charge in [-0.1, -0.05) is 177 Å². The molecule has 21 rings (SSSR count). The molecule has 2 aliphatic heterocycles. The molecule has 0 amide bonds. The standard InChI is InChI=1S/C22H21N3O4.C21H14N2O2.C20H10ClNO3.C20H11NO2S/c26-21-14-3-1-2-4-15(14)22-19-18(21)16(24-5-9-27-10-6-24)13-17(20(19)23-29-22)25-7-11-28-12-8-25;1-12-6-8-13(9-7-12)22-16-10-11-17-19-18(16)20(24)14-4-2-3-5-15(14)21(19)25-23-17;21-11-5-7-12(8-6-11)24-16-10-9-15-17-18(16)19(23)13-3-1-2-4-14(13)20(17)25-22-15;22-19-13-8-4-5-9-14(13)20-17-15(21-23-20)10-11-16(18(17)19)24-12-6-2-1-3-7-12/h1-4,13H,5-12H2;2-11,22H,1H3;1-10H;1-11H. The number of carbonyl (C=O) groups is 4. The Morgan fingerprint density at radius 1 is 0.417 bits per heavy atom. The van der Waals surface area contributed by atoms with Crippen molar-refractivity contribution in [2.45, 2.75) is 16.7 Å². The average molecular weight is 1390 g/mol. The van der Waals surface area contributed by atoms with Crippen molar-refractivity contribution in [3.05, 3.63) is 273 Å². The number of fused-ring (bicyclic) bond motifs is 8. The van der Waals surface area contributed by atoms with Crippen molar-refractivity contribution in [2.24, 2.45) is 0 Å². The van der Waals surface area contributed by atoms with Gasteiger partial charge in [-0.2, -0.15) is 0 Å². The topological polar surface area (TPSA) is 219 Å². The average Bonchev–Trinajstić information content (AvgIpc) is 1.69. The van der Waals surface area contributed by atoms with Gasteiger partial charge in [-0.3, -0.25) is 19.2 Å². The van der Waals surface area contributed by atoms with Crippen molar-refractivity contribution in [1.82, 2.24) is 20.6 Å². The lowest BCUT2D eigenvalue weighted by Crippen LogP contribution is -2.39.